The Balaban J connectivity index is 1.62. The number of methoxy groups -OCH3 is 2. The second kappa shape index (κ2) is 11.9. The van der Waals surface area contributed by atoms with Crippen LogP contribution in [0.2, 0.25) is 0 Å². The van der Waals surface area contributed by atoms with Crippen molar-refractivity contribution < 1.29 is 23.8 Å². The molecule has 0 radical (unpaired) electrons. The van der Waals surface area contributed by atoms with Gasteiger partial charge in [-0.1, -0.05) is 42.5 Å². The molecular weight excluding hydrogens is 470 g/mol. The third kappa shape index (κ3) is 6.14. The number of aryl methyl sites for hydroxylation is 1. The fourth-order valence-corrected chi connectivity index (χ4v) is 4.36. The van der Waals surface area contributed by atoms with E-state index in [9.17, 15) is 9.59 Å². The number of rotatable bonds is 9. The first kappa shape index (κ1) is 25.5. The Kier molecular flexibility index (Phi) is 8.16. The van der Waals surface area contributed by atoms with Crippen LogP contribution in [-0.2, 0) is 22.6 Å². The van der Waals surface area contributed by atoms with Crippen molar-refractivity contribution in [3.05, 3.63) is 95.1 Å². The largest absolute Gasteiger partial charge is 0.497 e. The second-order valence-electron chi connectivity index (χ2n) is 8.51. The standard InChI is InChI=1S/C29H27N3O5/c1-35-23-13-10-22(11-14-23)27-26(28(33)37-18-20-7-5-6-19(16-20)17-30)24(31-29(34)32-27)15-12-21-8-3-4-9-25(21)36-2/h3-11,13-14,16,26-27H,12,15,18H2,1-2H3,(H,32,34). The van der Waals surface area contributed by atoms with Gasteiger partial charge in [0.2, 0.25) is 0 Å². The van der Waals surface area contributed by atoms with Gasteiger partial charge in [-0.15, -0.1) is 0 Å². The van der Waals surface area contributed by atoms with Gasteiger partial charge in [-0.25, -0.2) is 9.79 Å². The fourth-order valence-electron chi connectivity index (χ4n) is 4.36. The summed E-state index contributed by atoms with van der Waals surface area (Å²) in [6, 6.07) is 22.6. The highest BCUT2D eigenvalue weighted by atomic mass is 16.5. The highest BCUT2D eigenvalue weighted by Gasteiger charge is 2.39. The molecule has 1 heterocycles. The van der Waals surface area contributed by atoms with Crippen molar-refractivity contribution in [3.63, 3.8) is 0 Å². The Hall–Kier alpha value is -4.64. The van der Waals surface area contributed by atoms with Gasteiger partial charge in [-0.3, -0.25) is 4.79 Å². The predicted octanol–water partition coefficient (Wildman–Crippen LogP) is 4.77. The van der Waals surface area contributed by atoms with Crippen molar-refractivity contribution in [1.82, 2.24) is 5.32 Å². The molecule has 8 nitrogen and oxygen atoms in total. The van der Waals surface area contributed by atoms with E-state index in [2.05, 4.69) is 16.4 Å². The van der Waals surface area contributed by atoms with Gasteiger partial charge in [-0.05, 0) is 59.9 Å². The summed E-state index contributed by atoms with van der Waals surface area (Å²) in [4.78, 5) is 30.3. The summed E-state index contributed by atoms with van der Waals surface area (Å²) < 4.78 is 16.4. The lowest BCUT2D eigenvalue weighted by atomic mass is 9.85. The van der Waals surface area contributed by atoms with Gasteiger partial charge in [-0.2, -0.15) is 5.26 Å². The van der Waals surface area contributed by atoms with E-state index in [1.807, 2.05) is 36.4 Å². The number of aliphatic imine (C=N–C) groups is 1. The minimum Gasteiger partial charge on any atom is -0.497 e. The molecule has 188 valence electrons. The number of amides is 2. The van der Waals surface area contributed by atoms with Crippen molar-refractivity contribution in [2.75, 3.05) is 14.2 Å². The van der Waals surface area contributed by atoms with Crippen molar-refractivity contribution in [1.29, 1.82) is 5.26 Å². The molecule has 1 aliphatic rings. The number of nitrogens with zero attached hydrogens (tertiary/aromatic N) is 2. The Labute approximate surface area is 215 Å². The number of carbonyl (C=O) groups excluding carboxylic acids is 2. The lowest BCUT2D eigenvalue weighted by Crippen LogP contribution is -2.45. The first-order valence-electron chi connectivity index (χ1n) is 11.8. The topological polar surface area (TPSA) is 110 Å². The molecule has 3 aromatic rings. The molecule has 2 atom stereocenters. The number of ether oxygens (including phenoxy) is 3. The summed E-state index contributed by atoms with van der Waals surface area (Å²) in [5, 5.41) is 12.0. The molecule has 0 saturated carbocycles. The van der Waals surface area contributed by atoms with Crippen LogP contribution in [0, 0.1) is 17.2 Å². The number of esters is 1. The van der Waals surface area contributed by atoms with Crippen LogP contribution < -0.4 is 14.8 Å². The zero-order chi connectivity index (χ0) is 26.2. The average Bonchev–Trinajstić information content (AvgIpc) is 2.94. The summed E-state index contributed by atoms with van der Waals surface area (Å²) in [5.41, 5.74) is 3.29. The van der Waals surface area contributed by atoms with Gasteiger partial charge in [0.25, 0.3) is 0 Å². The van der Waals surface area contributed by atoms with Gasteiger partial charge in [0.05, 0.1) is 31.9 Å². The zero-order valence-corrected chi connectivity index (χ0v) is 20.6. The number of urea groups is 1. The van der Waals surface area contributed by atoms with E-state index in [1.165, 1.54) is 0 Å². The quantitative estimate of drug-likeness (QED) is 0.426. The van der Waals surface area contributed by atoms with Crippen LogP contribution in [0.1, 0.15) is 34.7 Å². The summed E-state index contributed by atoms with van der Waals surface area (Å²) in [5.74, 6) is 0.0425. The van der Waals surface area contributed by atoms with Crippen LogP contribution in [0.25, 0.3) is 0 Å². The van der Waals surface area contributed by atoms with Crippen molar-refractivity contribution in [3.8, 4) is 17.6 Å². The van der Waals surface area contributed by atoms with Crippen molar-refractivity contribution in [2.45, 2.75) is 25.5 Å². The summed E-state index contributed by atoms with van der Waals surface area (Å²) in [6.45, 7) is -0.00603. The molecule has 4 rings (SSSR count). The number of benzene rings is 3. The summed E-state index contributed by atoms with van der Waals surface area (Å²) >= 11 is 0. The maximum absolute atomic E-state index is 13.5. The Bertz CT molecular complexity index is 1340. The monoisotopic (exact) mass is 497 g/mol. The molecule has 0 spiro atoms. The first-order valence-corrected chi connectivity index (χ1v) is 11.8. The average molecular weight is 498 g/mol. The van der Waals surface area contributed by atoms with Gasteiger partial charge in [0.15, 0.2) is 0 Å². The van der Waals surface area contributed by atoms with Crippen LogP contribution in [0.5, 0.6) is 11.5 Å². The Morgan fingerprint density at radius 3 is 2.51 bits per heavy atom. The maximum Gasteiger partial charge on any atom is 0.341 e. The maximum atomic E-state index is 13.5. The lowest BCUT2D eigenvalue weighted by Gasteiger charge is -2.31. The van der Waals surface area contributed by atoms with Crippen molar-refractivity contribution in [2.24, 2.45) is 10.9 Å². The minimum absolute atomic E-state index is 0.00603. The third-order valence-corrected chi connectivity index (χ3v) is 6.23. The van der Waals surface area contributed by atoms with E-state index < -0.39 is 24.0 Å². The first-order chi connectivity index (χ1) is 18.0. The van der Waals surface area contributed by atoms with E-state index in [0.717, 1.165) is 16.9 Å². The molecule has 0 aromatic heterocycles. The van der Waals surface area contributed by atoms with E-state index >= 15 is 0 Å². The molecule has 0 aliphatic carbocycles. The summed E-state index contributed by atoms with van der Waals surface area (Å²) in [6.07, 6.45) is 0.892. The summed E-state index contributed by atoms with van der Waals surface area (Å²) in [7, 11) is 3.17. The highest BCUT2D eigenvalue weighted by molar-refractivity contribution is 6.09. The number of carbonyl (C=O) groups is 2. The van der Waals surface area contributed by atoms with Crippen LogP contribution >= 0.6 is 0 Å². The normalized spacial score (nSPS) is 16.7. The molecule has 1 N–H and O–H groups in total. The molecule has 1 aliphatic heterocycles. The predicted molar refractivity (Wildman–Crippen MR) is 137 cm³/mol. The Morgan fingerprint density at radius 2 is 1.78 bits per heavy atom. The highest BCUT2D eigenvalue weighted by Crippen LogP contribution is 2.32. The molecule has 3 aromatic carbocycles. The molecule has 0 fully saturated rings. The van der Waals surface area contributed by atoms with Crippen LogP contribution in [-0.4, -0.2) is 31.9 Å². The molecular formula is C29H27N3O5. The van der Waals surface area contributed by atoms with E-state index in [4.69, 9.17) is 19.5 Å². The Morgan fingerprint density at radius 1 is 1.00 bits per heavy atom. The van der Waals surface area contributed by atoms with E-state index in [1.54, 1.807) is 50.6 Å². The fraction of sp³-hybridized carbons (Fsp3) is 0.241. The smallest absolute Gasteiger partial charge is 0.341 e. The van der Waals surface area contributed by atoms with Gasteiger partial charge in [0, 0.05) is 5.71 Å². The zero-order valence-electron chi connectivity index (χ0n) is 20.6. The number of nitrogens with one attached hydrogen (secondary N) is 1. The second-order valence-corrected chi connectivity index (χ2v) is 8.51. The molecule has 2 amide bonds. The third-order valence-electron chi connectivity index (χ3n) is 6.23. The number of hydrogen-bond donors (Lipinski definition) is 1. The van der Waals surface area contributed by atoms with Gasteiger partial charge >= 0.3 is 12.0 Å². The van der Waals surface area contributed by atoms with Crippen LogP contribution in [0.4, 0.5) is 4.79 Å². The molecule has 0 bridgehead atoms. The number of hydrogen-bond acceptors (Lipinski definition) is 6. The lowest BCUT2D eigenvalue weighted by molar-refractivity contribution is -0.148. The molecule has 0 saturated heterocycles. The molecule has 2 unspecified atom stereocenters. The minimum atomic E-state index is -0.833. The molecule has 37 heavy (non-hydrogen) atoms. The van der Waals surface area contributed by atoms with E-state index in [0.29, 0.717) is 35.4 Å². The van der Waals surface area contributed by atoms with Crippen LogP contribution in [0.3, 0.4) is 0 Å². The molecule has 8 heteroatoms. The van der Waals surface area contributed by atoms with Gasteiger partial charge < -0.3 is 19.5 Å². The number of para-hydroxylation sites is 1. The van der Waals surface area contributed by atoms with Gasteiger partial charge in [0.1, 0.15) is 24.0 Å². The SMILES string of the molecule is COc1ccc(C2NC(=O)N=C(CCc3ccccc3OC)C2C(=O)OCc2cccc(C#N)c2)cc1. The van der Waals surface area contributed by atoms with Crippen LogP contribution in [0.15, 0.2) is 77.8 Å². The van der Waals surface area contributed by atoms with E-state index in [-0.39, 0.29) is 6.61 Å². The number of nitriles is 1. The van der Waals surface area contributed by atoms with Crippen molar-refractivity contribution >= 4 is 17.7 Å².